The van der Waals surface area contributed by atoms with Gasteiger partial charge in [-0.25, -0.2) is 4.98 Å². The van der Waals surface area contributed by atoms with Gasteiger partial charge in [-0.05, 0) is 35.2 Å². The van der Waals surface area contributed by atoms with Crippen molar-refractivity contribution in [3.63, 3.8) is 0 Å². The second-order valence-electron chi connectivity index (χ2n) is 2.84. The van der Waals surface area contributed by atoms with Crippen LogP contribution in [-0.2, 0) is 4.74 Å². The van der Waals surface area contributed by atoms with Crippen LogP contribution in [0.15, 0.2) is 4.73 Å². The van der Waals surface area contributed by atoms with Gasteiger partial charge in [0, 0.05) is 6.61 Å². The Labute approximate surface area is 78.8 Å². The number of nitrogens with zero attached hydrogens (tertiary/aromatic N) is 2. The Morgan fingerprint density at radius 2 is 2.42 bits per heavy atom. The summed E-state index contributed by atoms with van der Waals surface area (Å²) in [5, 5.41) is 6.73. The molecule has 0 amide bonds. The molecule has 66 valence electrons. The number of H-pyrrole nitrogens is 1. The van der Waals surface area contributed by atoms with Crippen LogP contribution in [0.1, 0.15) is 31.2 Å². The van der Waals surface area contributed by atoms with Crippen molar-refractivity contribution in [3.05, 3.63) is 10.6 Å². The van der Waals surface area contributed by atoms with Crippen LogP contribution in [0.4, 0.5) is 0 Å². The van der Waals surface area contributed by atoms with E-state index in [-0.39, 0.29) is 6.10 Å². The Balaban J connectivity index is 2.08. The third-order valence-corrected chi connectivity index (χ3v) is 2.31. The second kappa shape index (κ2) is 3.53. The minimum atomic E-state index is 0.123. The van der Waals surface area contributed by atoms with Gasteiger partial charge < -0.3 is 4.74 Å². The van der Waals surface area contributed by atoms with E-state index in [4.69, 9.17) is 4.74 Å². The highest BCUT2D eigenvalue weighted by Crippen LogP contribution is 2.25. The molecule has 1 aliphatic heterocycles. The monoisotopic (exact) mass is 231 g/mol. The van der Waals surface area contributed by atoms with E-state index in [1.807, 2.05) is 0 Å². The Bertz CT molecular complexity index is 257. The Kier molecular flexibility index (Phi) is 2.41. The topological polar surface area (TPSA) is 50.8 Å². The maximum absolute atomic E-state index is 5.52. The van der Waals surface area contributed by atoms with E-state index in [0.29, 0.717) is 4.73 Å². The third-order valence-electron chi connectivity index (χ3n) is 1.96. The first-order valence-electron chi connectivity index (χ1n) is 4.05. The molecule has 12 heavy (non-hydrogen) atoms. The summed E-state index contributed by atoms with van der Waals surface area (Å²) >= 11 is 3.19. The summed E-state index contributed by atoms with van der Waals surface area (Å²) in [6.07, 6.45) is 3.54. The van der Waals surface area contributed by atoms with Gasteiger partial charge in [-0.3, -0.25) is 5.10 Å². The van der Waals surface area contributed by atoms with Crippen LogP contribution < -0.4 is 0 Å². The van der Waals surface area contributed by atoms with Crippen molar-refractivity contribution >= 4 is 15.9 Å². The Morgan fingerprint density at radius 3 is 3.00 bits per heavy atom. The standard InChI is InChI=1S/C7H10BrN3O/c8-7-9-6(10-11-7)5-3-1-2-4-12-5/h5H,1-4H2,(H,9,10,11). The molecule has 0 spiro atoms. The molecule has 0 radical (unpaired) electrons. The highest BCUT2D eigenvalue weighted by molar-refractivity contribution is 9.10. The summed E-state index contributed by atoms with van der Waals surface area (Å²) in [6.45, 7) is 0.836. The average molecular weight is 232 g/mol. The van der Waals surface area contributed by atoms with Gasteiger partial charge in [0.15, 0.2) is 5.82 Å². The number of hydrogen-bond acceptors (Lipinski definition) is 3. The molecule has 2 rings (SSSR count). The number of halogens is 1. The van der Waals surface area contributed by atoms with E-state index in [1.54, 1.807) is 0 Å². The van der Waals surface area contributed by atoms with Gasteiger partial charge in [-0.1, -0.05) is 0 Å². The fourth-order valence-electron chi connectivity index (χ4n) is 1.35. The van der Waals surface area contributed by atoms with E-state index < -0.39 is 0 Å². The average Bonchev–Trinajstić information content (AvgIpc) is 2.54. The van der Waals surface area contributed by atoms with Crippen molar-refractivity contribution in [2.24, 2.45) is 0 Å². The van der Waals surface area contributed by atoms with E-state index in [1.165, 1.54) is 6.42 Å². The predicted molar refractivity (Wildman–Crippen MR) is 46.6 cm³/mol. The molecular formula is C7H10BrN3O. The molecule has 5 heteroatoms. The normalized spacial score (nSPS) is 24.2. The van der Waals surface area contributed by atoms with Gasteiger partial charge in [0.2, 0.25) is 4.73 Å². The van der Waals surface area contributed by atoms with Crippen LogP contribution in [-0.4, -0.2) is 21.8 Å². The third kappa shape index (κ3) is 1.67. The largest absolute Gasteiger partial charge is 0.370 e. The minimum absolute atomic E-state index is 0.123. The van der Waals surface area contributed by atoms with E-state index in [9.17, 15) is 0 Å². The molecule has 4 nitrogen and oxygen atoms in total. The molecule has 0 saturated carbocycles. The predicted octanol–water partition coefficient (Wildman–Crippen LogP) is 1.81. The summed E-state index contributed by atoms with van der Waals surface area (Å²) in [7, 11) is 0. The zero-order valence-electron chi connectivity index (χ0n) is 6.59. The van der Waals surface area contributed by atoms with Crippen molar-refractivity contribution in [1.82, 2.24) is 15.2 Å². The van der Waals surface area contributed by atoms with E-state index in [2.05, 4.69) is 31.1 Å². The summed E-state index contributed by atoms with van der Waals surface area (Å²) in [5.41, 5.74) is 0. The lowest BCUT2D eigenvalue weighted by molar-refractivity contribution is 0.00964. The molecular weight excluding hydrogens is 222 g/mol. The quantitative estimate of drug-likeness (QED) is 0.803. The number of ether oxygens (including phenoxy) is 1. The maximum Gasteiger partial charge on any atom is 0.217 e. The highest BCUT2D eigenvalue weighted by Gasteiger charge is 2.18. The molecule has 1 aromatic heterocycles. The number of rotatable bonds is 1. The first-order valence-corrected chi connectivity index (χ1v) is 4.85. The lowest BCUT2D eigenvalue weighted by Crippen LogP contribution is -2.12. The van der Waals surface area contributed by atoms with Crippen LogP contribution in [0.3, 0.4) is 0 Å². The highest BCUT2D eigenvalue weighted by atomic mass is 79.9. The summed E-state index contributed by atoms with van der Waals surface area (Å²) < 4.78 is 6.13. The fourth-order valence-corrected chi connectivity index (χ4v) is 1.63. The molecule has 0 aromatic carbocycles. The molecule has 1 N–H and O–H groups in total. The summed E-state index contributed by atoms with van der Waals surface area (Å²) in [4.78, 5) is 4.16. The zero-order chi connectivity index (χ0) is 8.39. The first kappa shape index (κ1) is 8.19. The Morgan fingerprint density at radius 1 is 1.50 bits per heavy atom. The van der Waals surface area contributed by atoms with Crippen molar-refractivity contribution in [1.29, 1.82) is 0 Å². The number of hydrogen-bond donors (Lipinski definition) is 1. The smallest absolute Gasteiger partial charge is 0.217 e. The molecule has 1 aromatic rings. The fraction of sp³-hybridized carbons (Fsp3) is 0.714. The van der Waals surface area contributed by atoms with Gasteiger partial charge in [0.25, 0.3) is 0 Å². The number of aromatic amines is 1. The lowest BCUT2D eigenvalue weighted by Gasteiger charge is -2.19. The van der Waals surface area contributed by atoms with Crippen molar-refractivity contribution in [2.45, 2.75) is 25.4 Å². The molecule has 1 aliphatic rings. The van der Waals surface area contributed by atoms with Crippen LogP contribution >= 0.6 is 15.9 Å². The van der Waals surface area contributed by atoms with Crippen molar-refractivity contribution < 1.29 is 4.74 Å². The molecule has 1 unspecified atom stereocenters. The van der Waals surface area contributed by atoms with Crippen LogP contribution in [0.5, 0.6) is 0 Å². The second-order valence-corrected chi connectivity index (χ2v) is 3.55. The van der Waals surface area contributed by atoms with E-state index >= 15 is 0 Å². The molecule has 1 atom stereocenters. The van der Waals surface area contributed by atoms with Gasteiger partial charge in [0.05, 0.1) is 0 Å². The van der Waals surface area contributed by atoms with Gasteiger partial charge in [0.1, 0.15) is 6.10 Å². The summed E-state index contributed by atoms with van der Waals surface area (Å²) in [5.74, 6) is 0.835. The number of nitrogens with one attached hydrogen (secondary N) is 1. The van der Waals surface area contributed by atoms with Crippen LogP contribution in [0.25, 0.3) is 0 Å². The van der Waals surface area contributed by atoms with Gasteiger partial charge in [-0.2, -0.15) is 0 Å². The maximum atomic E-state index is 5.52. The van der Waals surface area contributed by atoms with Crippen LogP contribution in [0.2, 0.25) is 0 Å². The van der Waals surface area contributed by atoms with Crippen molar-refractivity contribution in [2.75, 3.05) is 6.61 Å². The minimum Gasteiger partial charge on any atom is -0.370 e. The van der Waals surface area contributed by atoms with Gasteiger partial charge >= 0.3 is 0 Å². The zero-order valence-corrected chi connectivity index (χ0v) is 8.17. The Hall–Kier alpha value is -0.420. The van der Waals surface area contributed by atoms with Crippen LogP contribution in [0, 0.1) is 0 Å². The van der Waals surface area contributed by atoms with Crippen molar-refractivity contribution in [3.8, 4) is 0 Å². The molecule has 1 fully saturated rings. The van der Waals surface area contributed by atoms with E-state index in [0.717, 1.165) is 25.3 Å². The lowest BCUT2D eigenvalue weighted by atomic mass is 10.1. The molecule has 2 heterocycles. The first-order chi connectivity index (χ1) is 5.86. The summed E-state index contributed by atoms with van der Waals surface area (Å²) in [6, 6.07) is 0. The molecule has 0 aliphatic carbocycles. The SMILES string of the molecule is Brc1n[nH]c(C2CCCCO2)n1. The van der Waals surface area contributed by atoms with Gasteiger partial charge in [-0.15, -0.1) is 5.10 Å². The number of aromatic nitrogens is 3. The molecule has 0 bridgehead atoms. The molecule has 1 saturated heterocycles.